The molecule has 3 N–H and O–H groups in total. The van der Waals surface area contributed by atoms with Crippen molar-refractivity contribution < 1.29 is 14.0 Å². The van der Waals surface area contributed by atoms with Crippen LogP contribution in [-0.4, -0.2) is 24.9 Å². The topological polar surface area (TPSA) is 70.2 Å². The highest BCUT2D eigenvalue weighted by atomic mass is 35.5. The quantitative estimate of drug-likeness (QED) is 0.764. The van der Waals surface area contributed by atoms with Crippen LogP contribution in [0.3, 0.4) is 0 Å². The summed E-state index contributed by atoms with van der Waals surface area (Å²) in [5.74, 6) is -0.806. The monoisotopic (exact) mass is 377 g/mol. The highest BCUT2D eigenvalue weighted by Crippen LogP contribution is 2.18. The number of piperidine rings is 1. The summed E-state index contributed by atoms with van der Waals surface area (Å²) < 4.78 is 13.2. The van der Waals surface area contributed by atoms with Crippen LogP contribution in [0.4, 0.5) is 15.8 Å². The Kier molecular flexibility index (Phi) is 7.12. The molecule has 138 valence electrons. The van der Waals surface area contributed by atoms with Crippen molar-refractivity contribution in [2.45, 2.75) is 12.8 Å². The Morgan fingerprint density at radius 2 is 1.62 bits per heavy atom. The molecule has 0 saturated carbocycles. The van der Waals surface area contributed by atoms with Gasteiger partial charge in [0.15, 0.2) is 0 Å². The van der Waals surface area contributed by atoms with E-state index in [9.17, 15) is 14.0 Å². The summed E-state index contributed by atoms with van der Waals surface area (Å²) in [6, 6.07) is 12.4. The van der Waals surface area contributed by atoms with Gasteiger partial charge in [-0.25, -0.2) is 4.39 Å². The number of nitrogens with one attached hydrogen (secondary N) is 3. The smallest absolute Gasteiger partial charge is 0.255 e. The first-order chi connectivity index (χ1) is 12.1. The molecule has 1 heterocycles. The zero-order valence-electron chi connectivity index (χ0n) is 14.1. The number of benzene rings is 2. The highest BCUT2D eigenvalue weighted by Gasteiger charge is 2.21. The van der Waals surface area contributed by atoms with Crippen molar-refractivity contribution in [1.82, 2.24) is 5.32 Å². The molecule has 0 bridgehead atoms. The van der Waals surface area contributed by atoms with E-state index in [1.54, 1.807) is 30.3 Å². The van der Waals surface area contributed by atoms with Crippen molar-refractivity contribution >= 4 is 35.6 Å². The second-order valence-corrected chi connectivity index (χ2v) is 6.06. The number of carbonyl (C=O) groups excluding carboxylic acids is 2. The van der Waals surface area contributed by atoms with Crippen molar-refractivity contribution in [1.29, 1.82) is 0 Å². The van der Waals surface area contributed by atoms with Gasteiger partial charge >= 0.3 is 0 Å². The minimum absolute atomic E-state index is 0. The van der Waals surface area contributed by atoms with Gasteiger partial charge in [-0.15, -0.1) is 12.4 Å². The molecule has 3 rings (SSSR count). The summed E-state index contributed by atoms with van der Waals surface area (Å²) >= 11 is 0. The van der Waals surface area contributed by atoms with E-state index in [-0.39, 0.29) is 30.1 Å². The molecule has 0 aliphatic carbocycles. The Balaban J connectivity index is 0.00000243. The molecular formula is C19H21ClFN3O2. The molecule has 1 fully saturated rings. The Bertz CT molecular complexity index is 779. The maximum absolute atomic E-state index is 13.2. The molecule has 7 heteroatoms. The summed E-state index contributed by atoms with van der Waals surface area (Å²) in [5.41, 5.74) is 1.36. The fraction of sp³-hybridized carbons (Fsp3) is 0.263. The predicted octanol–water partition coefficient (Wildman–Crippen LogP) is 3.44. The molecular weight excluding hydrogens is 357 g/mol. The van der Waals surface area contributed by atoms with Gasteiger partial charge in [-0.1, -0.05) is 12.1 Å². The first-order valence-corrected chi connectivity index (χ1v) is 8.30. The minimum atomic E-state index is -0.416. The molecule has 0 aromatic heterocycles. The second kappa shape index (κ2) is 9.31. The lowest BCUT2D eigenvalue weighted by molar-refractivity contribution is -0.120. The molecule has 2 aromatic rings. The molecule has 1 saturated heterocycles. The number of hydrogen-bond acceptors (Lipinski definition) is 3. The van der Waals surface area contributed by atoms with Crippen LogP contribution in [0.1, 0.15) is 23.2 Å². The molecule has 1 aliphatic rings. The lowest BCUT2D eigenvalue weighted by Gasteiger charge is -2.21. The van der Waals surface area contributed by atoms with Gasteiger partial charge < -0.3 is 16.0 Å². The first kappa shape index (κ1) is 19.9. The second-order valence-electron chi connectivity index (χ2n) is 6.06. The van der Waals surface area contributed by atoms with E-state index in [4.69, 9.17) is 0 Å². The molecule has 5 nitrogen and oxygen atoms in total. The zero-order valence-corrected chi connectivity index (χ0v) is 14.9. The number of hydrogen-bond donors (Lipinski definition) is 3. The molecule has 26 heavy (non-hydrogen) atoms. The van der Waals surface area contributed by atoms with E-state index < -0.39 is 5.82 Å². The highest BCUT2D eigenvalue weighted by molar-refractivity contribution is 6.05. The van der Waals surface area contributed by atoms with Gasteiger partial charge in [0.05, 0.1) is 0 Å². The number of carbonyl (C=O) groups is 2. The van der Waals surface area contributed by atoms with Gasteiger partial charge in [-0.2, -0.15) is 0 Å². The van der Waals surface area contributed by atoms with Gasteiger partial charge in [0, 0.05) is 22.9 Å². The number of amides is 2. The maximum Gasteiger partial charge on any atom is 0.255 e. The van der Waals surface area contributed by atoms with Crippen molar-refractivity contribution in [3.8, 4) is 0 Å². The van der Waals surface area contributed by atoms with Gasteiger partial charge in [0.25, 0.3) is 5.91 Å². The summed E-state index contributed by atoms with van der Waals surface area (Å²) in [6.45, 7) is 1.68. The number of halogens is 2. The van der Waals surface area contributed by atoms with E-state index in [0.29, 0.717) is 16.9 Å². The Morgan fingerprint density at radius 3 is 2.31 bits per heavy atom. The lowest BCUT2D eigenvalue weighted by atomic mass is 9.97. The predicted molar refractivity (Wildman–Crippen MR) is 102 cm³/mol. The Hall–Kier alpha value is -2.44. The molecule has 0 spiro atoms. The standard InChI is InChI=1S/C19H20FN3O2.ClH/c20-15-4-2-6-17(12-15)23-19(25)14-3-1-5-16(11-14)22-18(24)13-7-9-21-10-8-13;/h1-6,11-13,21H,7-10H2,(H,22,24)(H,23,25);1H. The molecule has 2 aromatic carbocycles. The SMILES string of the molecule is Cl.O=C(Nc1cccc(F)c1)c1cccc(NC(=O)C2CCNCC2)c1. The van der Waals surface area contributed by atoms with E-state index in [2.05, 4.69) is 16.0 Å². The summed E-state index contributed by atoms with van der Waals surface area (Å²) in [7, 11) is 0. The summed E-state index contributed by atoms with van der Waals surface area (Å²) in [6.07, 6.45) is 1.62. The zero-order chi connectivity index (χ0) is 17.6. The number of anilines is 2. The van der Waals surface area contributed by atoms with Crippen LogP contribution >= 0.6 is 12.4 Å². The van der Waals surface area contributed by atoms with Crippen molar-refractivity contribution in [2.75, 3.05) is 23.7 Å². The molecule has 0 unspecified atom stereocenters. The average molecular weight is 378 g/mol. The first-order valence-electron chi connectivity index (χ1n) is 8.30. The van der Waals surface area contributed by atoms with E-state index in [1.165, 1.54) is 18.2 Å². The van der Waals surface area contributed by atoms with Gasteiger partial charge in [-0.3, -0.25) is 9.59 Å². The third kappa shape index (κ3) is 5.28. The minimum Gasteiger partial charge on any atom is -0.326 e. The van der Waals surface area contributed by atoms with Gasteiger partial charge in [-0.05, 0) is 62.3 Å². The maximum atomic E-state index is 13.2. The average Bonchev–Trinajstić information content (AvgIpc) is 2.62. The molecule has 0 atom stereocenters. The number of rotatable bonds is 4. The molecule has 1 aliphatic heterocycles. The van der Waals surface area contributed by atoms with Crippen LogP contribution in [0.2, 0.25) is 0 Å². The summed E-state index contributed by atoms with van der Waals surface area (Å²) in [4.78, 5) is 24.6. The molecule has 2 amide bonds. The van der Waals surface area contributed by atoms with Crippen LogP contribution < -0.4 is 16.0 Å². The largest absolute Gasteiger partial charge is 0.326 e. The van der Waals surface area contributed by atoms with Crippen molar-refractivity contribution in [3.05, 3.63) is 59.9 Å². The van der Waals surface area contributed by atoms with E-state index in [1.807, 2.05) is 0 Å². The third-order valence-electron chi connectivity index (χ3n) is 4.18. The van der Waals surface area contributed by atoms with Crippen LogP contribution in [0, 0.1) is 11.7 Å². The van der Waals surface area contributed by atoms with Crippen molar-refractivity contribution in [2.24, 2.45) is 5.92 Å². The Labute approximate surface area is 157 Å². The van der Waals surface area contributed by atoms with E-state index in [0.717, 1.165) is 25.9 Å². The third-order valence-corrected chi connectivity index (χ3v) is 4.18. The van der Waals surface area contributed by atoms with Crippen LogP contribution in [0.5, 0.6) is 0 Å². The fourth-order valence-electron chi connectivity index (χ4n) is 2.84. The van der Waals surface area contributed by atoms with Gasteiger partial charge in [0.2, 0.25) is 5.91 Å². The van der Waals surface area contributed by atoms with E-state index >= 15 is 0 Å². The van der Waals surface area contributed by atoms with Crippen LogP contribution in [0.25, 0.3) is 0 Å². The van der Waals surface area contributed by atoms with Gasteiger partial charge in [0.1, 0.15) is 5.82 Å². The summed E-state index contributed by atoms with van der Waals surface area (Å²) in [5, 5.41) is 8.74. The Morgan fingerprint density at radius 1 is 0.962 bits per heavy atom. The van der Waals surface area contributed by atoms with Crippen LogP contribution in [-0.2, 0) is 4.79 Å². The lowest BCUT2D eigenvalue weighted by Crippen LogP contribution is -2.34. The fourth-order valence-corrected chi connectivity index (χ4v) is 2.84. The normalized spacial score (nSPS) is 14.2. The molecule has 0 radical (unpaired) electrons. The van der Waals surface area contributed by atoms with Crippen LogP contribution in [0.15, 0.2) is 48.5 Å². The van der Waals surface area contributed by atoms with Crippen molar-refractivity contribution in [3.63, 3.8) is 0 Å².